The van der Waals surface area contributed by atoms with E-state index < -0.39 is 10.0 Å². The third kappa shape index (κ3) is 3.47. The summed E-state index contributed by atoms with van der Waals surface area (Å²) in [4.78, 5) is 26.1. The molecule has 1 atom stereocenters. The predicted octanol–water partition coefficient (Wildman–Crippen LogP) is -1.45. The van der Waals surface area contributed by atoms with Crippen LogP contribution in [0.5, 0.6) is 0 Å². The van der Waals surface area contributed by atoms with Gasteiger partial charge in [0.1, 0.15) is 0 Å². The van der Waals surface area contributed by atoms with Gasteiger partial charge in [-0.15, -0.1) is 0 Å². The van der Waals surface area contributed by atoms with Crippen molar-refractivity contribution in [1.29, 1.82) is 0 Å². The van der Waals surface area contributed by atoms with E-state index in [2.05, 4.69) is 10.0 Å². The maximum Gasteiger partial charge on any atom is 0.324 e. The van der Waals surface area contributed by atoms with E-state index in [4.69, 9.17) is 0 Å². The average molecular weight is 304 g/mol. The smallest absolute Gasteiger partial charge is 0.324 e. The molecular weight excluding hydrogens is 284 g/mol. The molecule has 2 heterocycles. The summed E-state index contributed by atoms with van der Waals surface area (Å²) in [6.45, 7) is 1.67. The van der Waals surface area contributed by atoms with Crippen molar-refractivity contribution in [2.45, 2.75) is 18.9 Å². The van der Waals surface area contributed by atoms with E-state index in [-0.39, 0.29) is 30.3 Å². The normalized spacial score (nSPS) is 24.4. The van der Waals surface area contributed by atoms with E-state index >= 15 is 0 Å². The largest absolute Gasteiger partial charge is 0.329 e. The highest BCUT2D eigenvalue weighted by molar-refractivity contribution is 7.89. The third-order valence-corrected chi connectivity index (χ3v) is 5.22. The fourth-order valence-corrected chi connectivity index (χ4v) is 3.68. The number of hydrogen-bond donors (Lipinski definition) is 2. The van der Waals surface area contributed by atoms with Crippen LogP contribution in [0.15, 0.2) is 0 Å². The number of likely N-dealkylation sites (tertiary alicyclic amines) is 1. The van der Waals surface area contributed by atoms with Crippen molar-refractivity contribution >= 4 is 22.0 Å². The molecule has 2 rings (SSSR count). The van der Waals surface area contributed by atoms with Crippen LogP contribution < -0.4 is 10.0 Å². The lowest BCUT2D eigenvalue weighted by atomic mass is 10.2. The number of imide groups is 1. The number of nitrogens with one attached hydrogen (secondary N) is 2. The first kappa shape index (κ1) is 15.2. The quantitative estimate of drug-likeness (QED) is 0.585. The molecule has 2 fully saturated rings. The molecule has 114 valence electrons. The molecule has 1 unspecified atom stereocenters. The van der Waals surface area contributed by atoms with Crippen LogP contribution >= 0.6 is 0 Å². The van der Waals surface area contributed by atoms with Crippen molar-refractivity contribution in [3.05, 3.63) is 0 Å². The fourth-order valence-electron chi connectivity index (χ4n) is 2.62. The Morgan fingerprint density at radius 3 is 2.70 bits per heavy atom. The van der Waals surface area contributed by atoms with E-state index in [0.29, 0.717) is 13.1 Å². The van der Waals surface area contributed by atoms with E-state index in [1.54, 1.807) is 0 Å². The molecule has 0 spiro atoms. The highest BCUT2D eigenvalue weighted by Gasteiger charge is 2.32. The topological polar surface area (TPSA) is 98.8 Å². The molecule has 0 aromatic carbocycles. The second-order valence-electron chi connectivity index (χ2n) is 5.02. The van der Waals surface area contributed by atoms with Crippen LogP contribution in [-0.4, -0.2) is 75.2 Å². The minimum absolute atomic E-state index is 0.0479. The Morgan fingerprint density at radius 1 is 1.35 bits per heavy atom. The highest BCUT2D eigenvalue weighted by atomic mass is 32.2. The number of carbonyl (C=O) groups excluding carboxylic acids is 2. The number of rotatable bonds is 6. The molecule has 0 aromatic rings. The summed E-state index contributed by atoms with van der Waals surface area (Å²) in [5, 5.41) is 2.47. The number of urea groups is 1. The van der Waals surface area contributed by atoms with Gasteiger partial charge in [-0.2, -0.15) is 0 Å². The number of amides is 3. The van der Waals surface area contributed by atoms with E-state index in [1.165, 1.54) is 11.9 Å². The lowest BCUT2D eigenvalue weighted by molar-refractivity contribution is -0.125. The molecule has 20 heavy (non-hydrogen) atoms. The Balaban J connectivity index is 1.88. The summed E-state index contributed by atoms with van der Waals surface area (Å²) in [7, 11) is -1.84. The number of sulfonamides is 1. The standard InChI is InChI=1S/C11H20N4O4S/c1-12-20(18,19)8-9-3-2-4-14(9)5-6-15-10(16)7-13-11(15)17/h9,12H,2-8H2,1H3,(H,13,17). The van der Waals surface area contributed by atoms with Crippen molar-refractivity contribution in [2.75, 3.05) is 39.0 Å². The Hall–Kier alpha value is -1.19. The van der Waals surface area contributed by atoms with Gasteiger partial charge in [-0.05, 0) is 26.4 Å². The van der Waals surface area contributed by atoms with Crippen LogP contribution in [0.1, 0.15) is 12.8 Å². The van der Waals surface area contributed by atoms with Crippen LogP contribution in [0.2, 0.25) is 0 Å². The summed E-state index contributed by atoms with van der Waals surface area (Å²) < 4.78 is 25.5. The monoisotopic (exact) mass is 304 g/mol. The number of nitrogens with zero attached hydrogens (tertiary/aromatic N) is 2. The summed E-state index contributed by atoms with van der Waals surface area (Å²) in [5.41, 5.74) is 0. The van der Waals surface area contributed by atoms with Gasteiger partial charge in [0, 0.05) is 19.1 Å². The lowest BCUT2D eigenvalue weighted by Crippen LogP contribution is -2.43. The molecule has 2 aliphatic rings. The van der Waals surface area contributed by atoms with Crippen LogP contribution in [0, 0.1) is 0 Å². The molecule has 0 radical (unpaired) electrons. The fraction of sp³-hybridized carbons (Fsp3) is 0.818. The van der Waals surface area contributed by atoms with Gasteiger partial charge in [-0.25, -0.2) is 17.9 Å². The Bertz CT molecular complexity index is 477. The second-order valence-corrected chi connectivity index (χ2v) is 6.99. The van der Waals surface area contributed by atoms with Gasteiger partial charge in [-0.1, -0.05) is 0 Å². The predicted molar refractivity (Wildman–Crippen MR) is 72.6 cm³/mol. The van der Waals surface area contributed by atoms with E-state index in [1.807, 2.05) is 4.90 Å². The van der Waals surface area contributed by atoms with Crippen molar-refractivity contribution in [2.24, 2.45) is 0 Å². The van der Waals surface area contributed by atoms with Crippen molar-refractivity contribution in [3.8, 4) is 0 Å². The first-order valence-electron chi connectivity index (χ1n) is 6.66. The van der Waals surface area contributed by atoms with Crippen molar-refractivity contribution < 1.29 is 18.0 Å². The van der Waals surface area contributed by atoms with Crippen LogP contribution in [0.25, 0.3) is 0 Å². The number of hydrogen-bond acceptors (Lipinski definition) is 5. The first-order chi connectivity index (χ1) is 9.43. The van der Waals surface area contributed by atoms with Crippen LogP contribution in [0.3, 0.4) is 0 Å². The summed E-state index contributed by atoms with van der Waals surface area (Å²) in [6.07, 6.45) is 1.76. The average Bonchev–Trinajstić information content (AvgIpc) is 2.95. The minimum Gasteiger partial charge on any atom is -0.329 e. The molecule has 8 nitrogen and oxygen atoms in total. The van der Waals surface area contributed by atoms with Crippen molar-refractivity contribution in [1.82, 2.24) is 19.8 Å². The Morgan fingerprint density at radius 2 is 2.10 bits per heavy atom. The number of carbonyl (C=O) groups is 2. The van der Waals surface area contributed by atoms with Crippen LogP contribution in [0.4, 0.5) is 4.79 Å². The van der Waals surface area contributed by atoms with E-state index in [9.17, 15) is 18.0 Å². The van der Waals surface area contributed by atoms with Gasteiger partial charge in [0.2, 0.25) is 15.9 Å². The van der Waals surface area contributed by atoms with Gasteiger partial charge < -0.3 is 5.32 Å². The SMILES string of the molecule is CNS(=O)(=O)CC1CCCN1CCN1C(=O)CNC1=O. The Kier molecular flexibility index (Phi) is 4.61. The molecule has 0 aromatic heterocycles. The molecule has 2 N–H and O–H groups in total. The summed E-state index contributed by atoms with van der Waals surface area (Å²) in [6, 6.07) is -0.415. The second kappa shape index (κ2) is 6.06. The maximum atomic E-state index is 11.6. The van der Waals surface area contributed by atoms with Gasteiger partial charge >= 0.3 is 6.03 Å². The third-order valence-electron chi connectivity index (χ3n) is 3.77. The highest BCUT2D eigenvalue weighted by Crippen LogP contribution is 2.18. The van der Waals surface area contributed by atoms with Crippen LogP contribution in [-0.2, 0) is 14.8 Å². The van der Waals surface area contributed by atoms with E-state index in [0.717, 1.165) is 19.4 Å². The zero-order chi connectivity index (χ0) is 14.8. The van der Waals surface area contributed by atoms with Gasteiger partial charge in [0.25, 0.3) is 0 Å². The van der Waals surface area contributed by atoms with Gasteiger partial charge in [0.15, 0.2) is 0 Å². The molecule has 2 aliphatic heterocycles. The zero-order valence-corrected chi connectivity index (χ0v) is 12.3. The van der Waals surface area contributed by atoms with Gasteiger partial charge in [0.05, 0.1) is 12.3 Å². The molecular formula is C11H20N4O4S. The maximum absolute atomic E-state index is 11.6. The minimum atomic E-state index is -3.25. The molecule has 0 bridgehead atoms. The Labute approximate surface area is 118 Å². The zero-order valence-electron chi connectivity index (χ0n) is 11.5. The van der Waals surface area contributed by atoms with Gasteiger partial charge in [-0.3, -0.25) is 14.6 Å². The summed E-state index contributed by atoms with van der Waals surface area (Å²) >= 11 is 0. The molecule has 0 saturated carbocycles. The molecule has 9 heteroatoms. The molecule has 0 aliphatic carbocycles. The first-order valence-corrected chi connectivity index (χ1v) is 8.31. The van der Waals surface area contributed by atoms with Crippen molar-refractivity contribution in [3.63, 3.8) is 0 Å². The summed E-state index contributed by atoms with van der Waals surface area (Å²) in [5.74, 6) is -0.169. The molecule has 3 amide bonds. The molecule has 2 saturated heterocycles. The lowest BCUT2D eigenvalue weighted by Gasteiger charge is -2.25.